The van der Waals surface area contributed by atoms with Gasteiger partial charge in [0.1, 0.15) is 0 Å². The Morgan fingerprint density at radius 3 is 2.57 bits per heavy atom. The molecule has 0 aromatic rings. The number of ether oxygens (including phenoxy) is 1. The molecule has 3 N–H and O–H groups in total. The molecule has 84 valence electrons. The van der Waals surface area contributed by atoms with Crippen molar-refractivity contribution in [3.05, 3.63) is 0 Å². The minimum Gasteiger partial charge on any atom is -0.385 e. The number of amides is 1. The molecule has 0 bridgehead atoms. The van der Waals surface area contributed by atoms with E-state index in [1.807, 2.05) is 13.8 Å². The Kier molecular flexibility index (Phi) is 6.49. The summed E-state index contributed by atoms with van der Waals surface area (Å²) in [7, 11) is 1.66. The van der Waals surface area contributed by atoms with E-state index in [-0.39, 0.29) is 11.4 Å². The molecule has 1 amide bonds. The van der Waals surface area contributed by atoms with E-state index in [2.05, 4.69) is 5.32 Å². The summed E-state index contributed by atoms with van der Waals surface area (Å²) in [6.45, 7) is 5.00. The largest absolute Gasteiger partial charge is 0.385 e. The molecule has 0 unspecified atom stereocenters. The minimum absolute atomic E-state index is 0.0663. The van der Waals surface area contributed by atoms with Crippen molar-refractivity contribution < 1.29 is 9.53 Å². The fraction of sp³-hybridized carbons (Fsp3) is 0.900. The number of methoxy groups -OCH3 is 1. The summed E-state index contributed by atoms with van der Waals surface area (Å²) < 4.78 is 4.89. The molecule has 4 nitrogen and oxygen atoms in total. The average Bonchev–Trinajstić information content (AvgIpc) is 2.12. The molecule has 4 heteroatoms. The molecule has 0 aromatic heterocycles. The van der Waals surface area contributed by atoms with Crippen molar-refractivity contribution >= 4 is 5.91 Å². The Morgan fingerprint density at radius 2 is 2.07 bits per heavy atom. The summed E-state index contributed by atoms with van der Waals surface area (Å²) in [6, 6.07) is 0. The zero-order chi connectivity index (χ0) is 11.0. The highest BCUT2D eigenvalue weighted by Crippen LogP contribution is 2.01. The highest BCUT2D eigenvalue weighted by Gasteiger charge is 2.17. The molecule has 0 aliphatic rings. The van der Waals surface area contributed by atoms with Crippen LogP contribution in [-0.2, 0) is 9.53 Å². The van der Waals surface area contributed by atoms with Gasteiger partial charge in [0.2, 0.25) is 5.91 Å². The van der Waals surface area contributed by atoms with Gasteiger partial charge in [0.25, 0.3) is 0 Å². The van der Waals surface area contributed by atoms with E-state index >= 15 is 0 Å². The van der Waals surface area contributed by atoms with Crippen molar-refractivity contribution in [1.29, 1.82) is 0 Å². The lowest BCUT2D eigenvalue weighted by Crippen LogP contribution is -2.48. The number of nitrogens with two attached hydrogens (primary N) is 1. The van der Waals surface area contributed by atoms with Crippen LogP contribution in [-0.4, -0.2) is 31.7 Å². The van der Waals surface area contributed by atoms with Gasteiger partial charge in [-0.25, -0.2) is 0 Å². The van der Waals surface area contributed by atoms with Crippen molar-refractivity contribution in [1.82, 2.24) is 5.32 Å². The molecule has 0 saturated carbocycles. The normalized spacial score (nSPS) is 11.4. The SMILES string of the molecule is COCCCCC(=O)NC(C)(C)CN. The van der Waals surface area contributed by atoms with Gasteiger partial charge in [0.15, 0.2) is 0 Å². The first kappa shape index (κ1) is 13.4. The number of nitrogens with one attached hydrogen (secondary N) is 1. The van der Waals surface area contributed by atoms with Gasteiger partial charge < -0.3 is 15.8 Å². The first-order valence-electron chi connectivity index (χ1n) is 5.02. The lowest BCUT2D eigenvalue weighted by Gasteiger charge is -2.24. The first-order valence-corrected chi connectivity index (χ1v) is 5.02. The molecule has 14 heavy (non-hydrogen) atoms. The highest BCUT2D eigenvalue weighted by molar-refractivity contribution is 5.76. The lowest BCUT2D eigenvalue weighted by atomic mass is 10.1. The summed E-state index contributed by atoms with van der Waals surface area (Å²) in [5, 5.41) is 2.88. The minimum atomic E-state index is -0.293. The number of carbonyl (C=O) groups is 1. The molecule has 0 aliphatic carbocycles. The monoisotopic (exact) mass is 202 g/mol. The molecule has 0 heterocycles. The summed E-state index contributed by atoms with van der Waals surface area (Å²) in [5.41, 5.74) is 5.20. The van der Waals surface area contributed by atoms with E-state index in [1.54, 1.807) is 7.11 Å². The Bertz CT molecular complexity index is 170. The zero-order valence-corrected chi connectivity index (χ0v) is 9.43. The first-order chi connectivity index (χ1) is 6.52. The fourth-order valence-electron chi connectivity index (χ4n) is 1.02. The van der Waals surface area contributed by atoms with E-state index < -0.39 is 0 Å². The summed E-state index contributed by atoms with van der Waals surface area (Å²) >= 11 is 0. The van der Waals surface area contributed by atoms with Gasteiger partial charge in [0.05, 0.1) is 0 Å². The summed E-state index contributed by atoms with van der Waals surface area (Å²) in [6.07, 6.45) is 2.33. The van der Waals surface area contributed by atoms with Crippen molar-refractivity contribution in [2.75, 3.05) is 20.3 Å². The van der Waals surface area contributed by atoms with E-state index in [4.69, 9.17) is 10.5 Å². The summed E-state index contributed by atoms with van der Waals surface area (Å²) in [4.78, 5) is 11.4. The maximum Gasteiger partial charge on any atom is 0.220 e. The predicted octanol–water partition coefficient (Wildman–Crippen LogP) is 0.657. The van der Waals surface area contributed by atoms with Crippen LogP contribution in [0.15, 0.2) is 0 Å². The fourth-order valence-corrected chi connectivity index (χ4v) is 1.02. The van der Waals surface area contributed by atoms with Crippen LogP contribution in [0.1, 0.15) is 33.1 Å². The van der Waals surface area contributed by atoms with Gasteiger partial charge >= 0.3 is 0 Å². The van der Waals surface area contributed by atoms with E-state index in [0.717, 1.165) is 12.8 Å². The number of carbonyl (C=O) groups excluding carboxylic acids is 1. The molecule has 0 rings (SSSR count). The second-order valence-corrected chi connectivity index (χ2v) is 4.09. The molecular weight excluding hydrogens is 180 g/mol. The zero-order valence-electron chi connectivity index (χ0n) is 9.43. The number of hydrogen-bond donors (Lipinski definition) is 2. The van der Waals surface area contributed by atoms with Crippen molar-refractivity contribution in [3.8, 4) is 0 Å². The predicted molar refractivity (Wildman–Crippen MR) is 57.0 cm³/mol. The average molecular weight is 202 g/mol. The molecule has 0 spiro atoms. The van der Waals surface area contributed by atoms with Crippen LogP contribution >= 0.6 is 0 Å². The third kappa shape index (κ3) is 6.86. The second kappa shape index (κ2) is 6.79. The highest BCUT2D eigenvalue weighted by atomic mass is 16.5. The molecular formula is C10H22N2O2. The molecule has 0 saturated heterocycles. The van der Waals surface area contributed by atoms with Crippen molar-refractivity contribution in [3.63, 3.8) is 0 Å². The van der Waals surface area contributed by atoms with Crippen LogP contribution in [0, 0.1) is 0 Å². The van der Waals surface area contributed by atoms with Crippen LogP contribution in [0.2, 0.25) is 0 Å². The number of hydrogen-bond acceptors (Lipinski definition) is 3. The van der Waals surface area contributed by atoms with Crippen LogP contribution in [0.25, 0.3) is 0 Å². The van der Waals surface area contributed by atoms with Gasteiger partial charge in [-0.3, -0.25) is 4.79 Å². The summed E-state index contributed by atoms with van der Waals surface area (Å²) in [5.74, 6) is 0.0663. The molecule has 0 aromatic carbocycles. The molecule has 0 fully saturated rings. The maximum atomic E-state index is 11.4. The van der Waals surface area contributed by atoms with Gasteiger partial charge in [-0.1, -0.05) is 0 Å². The topological polar surface area (TPSA) is 64.3 Å². The van der Waals surface area contributed by atoms with Gasteiger partial charge in [0, 0.05) is 32.2 Å². The van der Waals surface area contributed by atoms with E-state index in [9.17, 15) is 4.79 Å². The van der Waals surface area contributed by atoms with Crippen LogP contribution < -0.4 is 11.1 Å². The van der Waals surface area contributed by atoms with Gasteiger partial charge in [-0.15, -0.1) is 0 Å². The van der Waals surface area contributed by atoms with Crippen LogP contribution in [0.3, 0.4) is 0 Å². The molecule has 0 atom stereocenters. The van der Waals surface area contributed by atoms with Crippen LogP contribution in [0.4, 0.5) is 0 Å². The third-order valence-electron chi connectivity index (χ3n) is 1.99. The standard InChI is InChI=1S/C10H22N2O2/c1-10(2,8-11)12-9(13)6-4-5-7-14-3/h4-8,11H2,1-3H3,(H,12,13). The van der Waals surface area contributed by atoms with Crippen LogP contribution in [0.5, 0.6) is 0 Å². The Morgan fingerprint density at radius 1 is 1.43 bits per heavy atom. The number of unbranched alkanes of at least 4 members (excludes halogenated alkanes) is 1. The second-order valence-electron chi connectivity index (χ2n) is 4.09. The van der Waals surface area contributed by atoms with Gasteiger partial charge in [-0.2, -0.15) is 0 Å². The van der Waals surface area contributed by atoms with Crippen molar-refractivity contribution in [2.24, 2.45) is 5.73 Å². The van der Waals surface area contributed by atoms with E-state index in [0.29, 0.717) is 19.6 Å². The smallest absolute Gasteiger partial charge is 0.220 e. The third-order valence-corrected chi connectivity index (χ3v) is 1.99. The lowest BCUT2D eigenvalue weighted by molar-refractivity contribution is -0.122. The quantitative estimate of drug-likeness (QED) is 0.596. The molecule has 0 aliphatic heterocycles. The van der Waals surface area contributed by atoms with E-state index in [1.165, 1.54) is 0 Å². The number of rotatable bonds is 7. The maximum absolute atomic E-state index is 11.4. The van der Waals surface area contributed by atoms with Crippen molar-refractivity contribution in [2.45, 2.75) is 38.6 Å². The Hall–Kier alpha value is -0.610. The Labute approximate surface area is 86.2 Å². The molecule has 0 radical (unpaired) electrons. The van der Waals surface area contributed by atoms with Gasteiger partial charge in [-0.05, 0) is 26.7 Å². The Balaban J connectivity index is 3.55.